The van der Waals surface area contributed by atoms with Gasteiger partial charge >= 0.3 is 5.97 Å². The van der Waals surface area contributed by atoms with Crippen molar-refractivity contribution < 1.29 is 18.7 Å². The highest BCUT2D eigenvalue weighted by atomic mass is 32.1. The van der Waals surface area contributed by atoms with Gasteiger partial charge in [0.2, 0.25) is 0 Å². The van der Waals surface area contributed by atoms with E-state index >= 15 is 0 Å². The summed E-state index contributed by atoms with van der Waals surface area (Å²) in [6, 6.07) is 13.7. The zero-order valence-corrected chi connectivity index (χ0v) is 15.8. The molecule has 2 aromatic carbocycles. The maximum absolute atomic E-state index is 13.2. The van der Waals surface area contributed by atoms with E-state index in [1.165, 1.54) is 23.5 Å². The van der Waals surface area contributed by atoms with Crippen LogP contribution in [-0.4, -0.2) is 32.6 Å². The van der Waals surface area contributed by atoms with Crippen LogP contribution < -0.4 is 10.2 Å². The number of amides is 1. The molecule has 140 valence electrons. The third-order valence-corrected chi connectivity index (χ3v) is 5.05. The molecule has 27 heavy (non-hydrogen) atoms. The molecule has 0 aliphatic heterocycles. The predicted molar refractivity (Wildman–Crippen MR) is 105 cm³/mol. The molecular formula is C20H19FN2O3S. The van der Waals surface area contributed by atoms with Crippen LogP contribution in [-0.2, 0) is 16.1 Å². The van der Waals surface area contributed by atoms with Gasteiger partial charge in [-0.3, -0.25) is 4.79 Å². The first-order chi connectivity index (χ1) is 12.9. The van der Waals surface area contributed by atoms with Gasteiger partial charge in [-0.2, -0.15) is 0 Å². The van der Waals surface area contributed by atoms with Gasteiger partial charge in [0.1, 0.15) is 10.7 Å². The minimum absolute atomic E-state index is 0.336. The molecule has 0 radical (unpaired) electrons. The summed E-state index contributed by atoms with van der Waals surface area (Å²) in [5.74, 6) is -1.34. The summed E-state index contributed by atoms with van der Waals surface area (Å²) >= 11 is 1.20. The standard InChI is InChI=1S/C20H19FN2O3S/c1-23(2)16-6-3-13(4-7-16)11-22-19(24)12-26-20(25)18-10-14-9-15(21)5-8-17(14)27-18/h3-10H,11-12H2,1-2H3,(H,22,24). The highest BCUT2D eigenvalue weighted by molar-refractivity contribution is 7.20. The zero-order chi connectivity index (χ0) is 19.4. The Hall–Kier alpha value is -2.93. The number of rotatable bonds is 6. The van der Waals surface area contributed by atoms with Crippen LogP contribution in [0.1, 0.15) is 15.2 Å². The van der Waals surface area contributed by atoms with Crippen LogP contribution in [0.4, 0.5) is 10.1 Å². The van der Waals surface area contributed by atoms with Gasteiger partial charge in [0.15, 0.2) is 6.61 Å². The summed E-state index contributed by atoms with van der Waals surface area (Å²) in [5.41, 5.74) is 2.02. The number of anilines is 1. The number of nitrogens with zero attached hydrogens (tertiary/aromatic N) is 1. The van der Waals surface area contributed by atoms with E-state index in [-0.39, 0.29) is 18.3 Å². The van der Waals surface area contributed by atoms with E-state index in [2.05, 4.69) is 5.32 Å². The van der Waals surface area contributed by atoms with Crippen molar-refractivity contribution in [3.8, 4) is 0 Å². The Morgan fingerprint density at radius 1 is 1.11 bits per heavy atom. The number of benzene rings is 2. The zero-order valence-electron chi connectivity index (χ0n) is 15.0. The minimum Gasteiger partial charge on any atom is -0.451 e. The number of nitrogens with one attached hydrogen (secondary N) is 1. The highest BCUT2D eigenvalue weighted by Gasteiger charge is 2.14. The molecule has 0 aliphatic carbocycles. The molecule has 3 aromatic rings. The van der Waals surface area contributed by atoms with Crippen LogP contribution in [0.2, 0.25) is 0 Å². The van der Waals surface area contributed by atoms with Crippen LogP contribution in [0.3, 0.4) is 0 Å². The second-order valence-electron chi connectivity index (χ2n) is 6.21. The number of thiophene rings is 1. The first kappa shape index (κ1) is 18.8. The van der Waals surface area contributed by atoms with Crippen molar-refractivity contribution in [1.29, 1.82) is 0 Å². The molecule has 1 aromatic heterocycles. The number of hydrogen-bond acceptors (Lipinski definition) is 5. The molecule has 0 aliphatic rings. The smallest absolute Gasteiger partial charge is 0.348 e. The number of carbonyl (C=O) groups is 2. The average Bonchev–Trinajstić information content (AvgIpc) is 3.08. The number of halogens is 1. The molecule has 7 heteroatoms. The molecule has 0 fully saturated rings. The average molecular weight is 386 g/mol. The van der Waals surface area contributed by atoms with Crippen LogP contribution in [0.5, 0.6) is 0 Å². The Morgan fingerprint density at radius 3 is 2.56 bits per heavy atom. The molecule has 0 saturated carbocycles. The van der Waals surface area contributed by atoms with Crippen molar-refractivity contribution in [1.82, 2.24) is 5.32 Å². The molecule has 0 spiro atoms. The van der Waals surface area contributed by atoms with Crippen LogP contribution in [0.25, 0.3) is 10.1 Å². The van der Waals surface area contributed by atoms with E-state index in [0.717, 1.165) is 16.0 Å². The molecule has 3 rings (SSSR count). The monoisotopic (exact) mass is 386 g/mol. The van der Waals surface area contributed by atoms with E-state index in [1.807, 2.05) is 43.3 Å². The molecule has 0 saturated heterocycles. The number of hydrogen-bond donors (Lipinski definition) is 1. The van der Waals surface area contributed by atoms with Crippen molar-refractivity contribution in [2.24, 2.45) is 0 Å². The Balaban J connectivity index is 1.49. The summed E-state index contributed by atoms with van der Waals surface area (Å²) in [6.45, 7) is -0.0104. The Kier molecular flexibility index (Phi) is 5.71. The van der Waals surface area contributed by atoms with E-state index in [9.17, 15) is 14.0 Å². The van der Waals surface area contributed by atoms with Crippen molar-refractivity contribution in [3.63, 3.8) is 0 Å². The Bertz CT molecular complexity index is 967. The summed E-state index contributed by atoms with van der Waals surface area (Å²) in [6.07, 6.45) is 0. The van der Waals surface area contributed by atoms with Crippen LogP contribution in [0.15, 0.2) is 48.5 Å². The Morgan fingerprint density at radius 2 is 1.85 bits per heavy atom. The van der Waals surface area contributed by atoms with E-state index in [1.54, 1.807) is 12.1 Å². The van der Waals surface area contributed by atoms with Gasteiger partial charge in [0.05, 0.1) is 0 Å². The molecule has 1 heterocycles. The largest absolute Gasteiger partial charge is 0.451 e. The SMILES string of the molecule is CN(C)c1ccc(CNC(=O)COC(=O)c2cc3cc(F)ccc3s2)cc1. The Labute approximate surface area is 160 Å². The molecular weight excluding hydrogens is 367 g/mol. The number of fused-ring (bicyclic) bond motifs is 1. The van der Waals surface area contributed by atoms with E-state index in [0.29, 0.717) is 16.8 Å². The first-order valence-electron chi connectivity index (χ1n) is 8.31. The van der Waals surface area contributed by atoms with Crippen molar-refractivity contribution >= 4 is 39.0 Å². The first-order valence-corrected chi connectivity index (χ1v) is 9.13. The quantitative estimate of drug-likeness (QED) is 0.658. The third-order valence-electron chi connectivity index (χ3n) is 3.96. The third kappa shape index (κ3) is 4.83. The molecule has 1 N–H and O–H groups in total. The lowest BCUT2D eigenvalue weighted by atomic mass is 10.2. The highest BCUT2D eigenvalue weighted by Crippen LogP contribution is 2.26. The lowest BCUT2D eigenvalue weighted by molar-refractivity contribution is -0.124. The second kappa shape index (κ2) is 8.18. The molecule has 0 unspecified atom stereocenters. The summed E-state index contributed by atoms with van der Waals surface area (Å²) in [4.78, 5) is 26.3. The summed E-state index contributed by atoms with van der Waals surface area (Å²) in [5, 5.41) is 3.35. The van der Waals surface area contributed by atoms with Gasteiger partial charge in [0, 0.05) is 31.0 Å². The lowest BCUT2D eigenvalue weighted by Crippen LogP contribution is -2.28. The predicted octanol–water partition coefficient (Wildman–Crippen LogP) is 3.58. The normalized spacial score (nSPS) is 10.6. The number of esters is 1. The van der Waals surface area contributed by atoms with Crippen molar-refractivity contribution in [2.75, 3.05) is 25.6 Å². The maximum Gasteiger partial charge on any atom is 0.348 e. The minimum atomic E-state index is -0.595. The van der Waals surface area contributed by atoms with E-state index < -0.39 is 5.97 Å². The van der Waals surface area contributed by atoms with E-state index in [4.69, 9.17) is 4.74 Å². The molecule has 0 atom stereocenters. The molecule has 1 amide bonds. The molecule has 0 bridgehead atoms. The van der Waals surface area contributed by atoms with Crippen LogP contribution >= 0.6 is 11.3 Å². The number of carbonyl (C=O) groups excluding carboxylic acids is 2. The van der Waals surface area contributed by atoms with Gasteiger partial charge in [-0.25, -0.2) is 9.18 Å². The van der Waals surface area contributed by atoms with Crippen molar-refractivity contribution in [2.45, 2.75) is 6.54 Å². The van der Waals surface area contributed by atoms with Crippen molar-refractivity contribution in [3.05, 3.63) is 64.8 Å². The van der Waals surface area contributed by atoms with Gasteiger partial charge in [-0.1, -0.05) is 12.1 Å². The molecule has 5 nitrogen and oxygen atoms in total. The second-order valence-corrected chi connectivity index (χ2v) is 7.29. The number of ether oxygens (including phenoxy) is 1. The fourth-order valence-corrected chi connectivity index (χ4v) is 3.42. The topological polar surface area (TPSA) is 58.6 Å². The summed E-state index contributed by atoms with van der Waals surface area (Å²) < 4.78 is 19.1. The van der Waals surface area contributed by atoms with Gasteiger partial charge in [0.25, 0.3) is 5.91 Å². The summed E-state index contributed by atoms with van der Waals surface area (Å²) in [7, 11) is 3.91. The fraction of sp³-hybridized carbons (Fsp3) is 0.200. The van der Waals surface area contributed by atoms with Gasteiger partial charge in [-0.15, -0.1) is 11.3 Å². The van der Waals surface area contributed by atoms with Gasteiger partial charge < -0.3 is 15.0 Å². The maximum atomic E-state index is 13.2. The lowest BCUT2D eigenvalue weighted by Gasteiger charge is -2.13. The van der Waals surface area contributed by atoms with Crippen LogP contribution in [0, 0.1) is 5.82 Å². The fourth-order valence-electron chi connectivity index (χ4n) is 2.48. The van der Waals surface area contributed by atoms with Gasteiger partial charge in [-0.05, 0) is 47.3 Å².